The van der Waals surface area contributed by atoms with Gasteiger partial charge in [0.05, 0.1) is 12.6 Å². The number of fused-ring (bicyclic) bond motifs is 1. The first-order valence-electron chi connectivity index (χ1n) is 5.48. The maximum Gasteiger partial charge on any atom is 0.325 e. The monoisotopic (exact) mass is 356 g/mol. The molecule has 0 saturated carbocycles. The first-order chi connectivity index (χ1) is 8.60. The number of anilines is 1. The zero-order valence-corrected chi connectivity index (χ0v) is 12.3. The van der Waals surface area contributed by atoms with Gasteiger partial charge in [-0.05, 0) is 53.8 Å². The molecule has 1 N–H and O–H groups in total. The minimum Gasteiger partial charge on any atom is -0.468 e. The maximum atomic E-state index is 11.2. The second kappa shape index (κ2) is 5.51. The van der Waals surface area contributed by atoms with Gasteiger partial charge in [0.25, 0.3) is 0 Å². The van der Waals surface area contributed by atoms with Crippen molar-refractivity contribution in [1.29, 1.82) is 0 Å². The predicted molar refractivity (Wildman–Crippen MR) is 79.7 cm³/mol. The van der Waals surface area contributed by atoms with Gasteiger partial charge in [0.2, 0.25) is 0 Å². The molecule has 0 amide bonds. The van der Waals surface area contributed by atoms with E-state index in [0.717, 1.165) is 25.9 Å². The lowest BCUT2D eigenvalue weighted by Crippen LogP contribution is -2.15. The molecule has 18 heavy (non-hydrogen) atoms. The van der Waals surface area contributed by atoms with E-state index in [1.165, 1.54) is 7.11 Å². The average molecular weight is 356 g/mol. The van der Waals surface area contributed by atoms with Crippen molar-refractivity contribution in [2.24, 2.45) is 0 Å². The van der Waals surface area contributed by atoms with Gasteiger partial charge in [-0.1, -0.05) is 0 Å². The highest BCUT2D eigenvalue weighted by Crippen LogP contribution is 2.24. The van der Waals surface area contributed by atoms with E-state index in [2.05, 4.69) is 37.6 Å². The second-order valence-corrected chi connectivity index (χ2v) is 5.15. The third kappa shape index (κ3) is 2.90. The topological polar surface area (TPSA) is 51.2 Å². The summed E-state index contributed by atoms with van der Waals surface area (Å²) in [5.41, 5.74) is 2.74. The highest BCUT2D eigenvalue weighted by molar-refractivity contribution is 14.1. The summed E-state index contributed by atoms with van der Waals surface area (Å²) in [5.74, 6) is -0.289. The molecule has 1 aromatic heterocycles. The van der Waals surface area contributed by atoms with Crippen LogP contribution in [0, 0.1) is 10.5 Å². The molecule has 0 aliphatic heterocycles. The Bertz CT molecular complexity index is 599. The Morgan fingerprint density at radius 3 is 2.94 bits per heavy atom. The average Bonchev–Trinajstić information content (AvgIpc) is 2.36. The Morgan fingerprint density at radius 1 is 1.44 bits per heavy atom. The van der Waals surface area contributed by atoms with Gasteiger partial charge in [0.15, 0.2) is 0 Å². The van der Waals surface area contributed by atoms with Crippen molar-refractivity contribution in [3.63, 3.8) is 0 Å². The Kier molecular flexibility index (Phi) is 4.00. The number of nitrogens with zero attached hydrogens (tertiary/aromatic N) is 1. The van der Waals surface area contributed by atoms with E-state index in [9.17, 15) is 4.79 Å². The van der Waals surface area contributed by atoms with E-state index in [1.54, 1.807) is 0 Å². The van der Waals surface area contributed by atoms with Crippen molar-refractivity contribution in [3.05, 3.63) is 33.5 Å². The lowest BCUT2D eigenvalue weighted by atomic mass is 10.1. The van der Waals surface area contributed by atoms with Crippen LogP contribution in [0.25, 0.3) is 10.9 Å². The number of rotatable bonds is 3. The number of nitrogens with one attached hydrogen (secondary N) is 1. The van der Waals surface area contributed by atoms with Crippen molar-refractivity contribution in [2.75, 3.05) is 19.0 Å². The molecule has 2 rings (SSSR count). The molecule has 0 saturated heterocycles. The summed E-state index contributed by atoms with van der Waals surface area (Å²) in [7, 11) is 1.38. The minimum absolute atomic E-state index is 0.153. The highest BCUT2D eigenvalue weighted by Gasteiger charge is 2.06. The summed E-state index contributed by atoms with van der Waals surface area (Å²) in [6.45, 7) is 2.08. The molecule has 5 heteroatoms. The van der Waals surface area contributed by atoms with E-state index in [4.69, 9.17) is 0 Å². The van der Waals surface area contributed by atoms with Gasteiger partial charge < -0.3 is 10.1 Å². The van der Waals surface area contributed by atoms with E-state index in [0.29, 0.717) is 0 Å². The zero-order valence-electron chi connectivity index (χ0n) is 10.2. The number of esters is 1. The van der Waals surface area contributed by atoms with Gasteiger partial charge in [-0.15, -0.1) is 0 Å². The highest BCUT2D eigenvalue weighted by atomic mass is 127. The standard InChI is InChI=1S/C13H13IN2O2/c1-8-5-12(15-7-13(17)18-2)10-6-9(14)3-4-11(10)16-8/h3-6H,7H2,1-2H3,(H,15,16). The summed E-state index contributed by atoms with van der Waals surface area (Å²) < 4.78 is 5.75. The fraction of sp³-hybridized carbons (Fsp3) is 0.231. The Morgan fingerprint density at radius 2 is 2.22 bits per heavy atom. The minimum atomic E-state index is -0.289. The molecule has 0 spiro atoms. The van der Waals surface area contributed by atoms with Crippen LogP contribution in [0.1, 0.15) is 5.69 Å². The number of pyridine rings is 1. The number of benzene rings is 1. The number of aromatic nitrogens is 1. The number of hydrogen-bond acceptors (Lipinski definition) is 4. The summed E-state index contributed by atoms with van der Waals surface area (Å²) in [5, 5.41) is 4.10. The molecule has 94 valence electrons. The lowest BCUT2D eigenvalue weighted by Gasteiger charge is -2.10. The van der Waals surface area contributed by atoms with Crippen molar-refractivity contribution < 1.29 is 9.53 Å². The predicted octanol–water partition coefficient (Wildman–Crippen LogP) is 2.73. The Labute approximate surface area is 119 Å². The Balaban J connectivity index is 2.41. The first-order valence-corrected chi connectivity index (χ1v) is 6.55. The van der Waals surface area contributed by atoms with Crippen LogP contribution in [-0.4, -0.2) is 24.6 Å². The Hall–Kier alpha value is -1.37. The van der Waals surface area contributed by atoms with E-state index in [1.807, 2.05) is 31.2 Å². The molecule has 0 fully saturated rings. The van der Waals surface area contributed by atoms with Crippen molar-refractivity contribution >= 4 is 45.2 Å². The first kappa shape index (κ1) is 13.1. The number of halogens is 1. The largest absolute Gasteiger partial charge is 0.468 e. The fourth-order valence-corrected chi connectivity index (χ4v) is 2.21. The van der Waals surface area contributed by atoms with Crippen molar-refractivity contribution in [2.45, 2.75) is 6.92 Å². The molecule has 4 nitrogen and oxygen atoms in total. The lowest BCUT2D eigenvalue weighted by molar-refractivity contribution is -0.138. The van der Waals surface area contributed by atoms with Crippen LogP contribution in [0.5, 0.6) is 0 Å². The maximum absolute atomic E-state index is 11.2. The molecule has 0 aliphatic carbocycles. The molecule has 2 aromatic rings. The SMILES string of the molecule is COC(=O)CNc1cc(C)nc2ccc(I)cc12. The van der Waals surface area contributed by atoms with E-state index in [-0.39, 0.29) is 12.5 Å². The normalized spacial score (nSPS) is 10.4. The molecule has 1 aromatic carbocycles. The third-order valence-corrected chi connectivity index (χ3v) is 3.22. The molecule has 1 heterocycles. The van der Waals surface area contributed by atoms with Gasteiger partial charge in [-0.2, -0.15) is 0 Å². The number of methoxy groups -OCH3 is 1. The smallest absolute Gasteiger partial charge is 0.325 e. The molecule has 0 atom stereocenters. The van der Waals surface area contributed by atoms with Gasteiger partial charge in [-0.25, -0.2) is 0 Å². The van der Waals surface area contributed by atoms with E-state index >= 15 is 0 Å². The van der Waals surface area contributed by atoms with Crippen molar-refractivity contribution in [1.82, 2.24) is 4.98 Å². The number of carbonyl (C=O) groups is 1. The van der Waals surface area contributed by atoms with Crippen LogP contribution in [0.15, 0.2) is 24.3 Å². The number of ether oxygens (including phenoxy) is 1. The summed E-state index contributed by atoms with van der Waals surface area (Å²) in [4.78, 5) is 15.6. The quantitative estimate of drug-likeness (QED) is 0.679. The van der Waals surface area contributed by atoms with E-state index < -0.39 is 0 Å². The number of carbonyl (C=O) groups excluding carboxylic acids is 1. The fourth-order valence-electron chi connectivity index (χ4n) is 1.72. The van der Waals surface area contributed by atoms with Gasteiger partial charge in [-0.3, -0.25) is 9.78 Å². The molecule has 0 aliphatic rings. The summed E-state index contributed by atoms with van der Waals surface area (Å²) >= 11 is 2.26. The molecular weight excluding hydrogens is 343 g/mol. The number of hydrogen-bond donors (Lipinski definition) is 1. The molecule has 0 radical (unpaired) electrons. The summed E-state index contributed by atoms with van der Waals surface area (Å²) in [6, 6.07) is 7.97. The van der Waals surface area contributed by atoms with Crippen LogP contribution < -0.4 is 5.32 Å². The second-order valence-electron chi connectivity index (χ2n) is 3.90. The van der Waals surface area contributed by atoms with Crippen LogP contribution in [0.4, 0.5) is 5.69 Å². The van der Waals surface area contributed by atoms with Gasteiger partial charge in [0.1, 0.15) is 6.54 Å². The summed E-state index contributed by atoms with van der Waals surface area (Å²) in [6.07, 6.45) is 0. The molecular formula is C13H13IN2O2. The van der Waals surface area contributed by atoms with Gasteiger partial charge >= 0.3 is 5.97 Å². The van der Waals surface area contributed by atoms with Crippen molar-refractivity contribution in [3.8, 4) is 0 Å². The van der Waals surface area contributed by atoms with Crippen LogP contribution >= 0.6 is 22.6 Å². The molecule has 0 bridgehead atoms. The zero-order chi connectivity index (χ0) is 13.1. The van der Waals surface area contributed by atoms with Crippen LogP contribution in [0.2, 0.25) is 0 Å². The number of aryl methyl sites for hydroxylation is 1. The van der Waals surface area contributed by atoms with Crippen LogP contribution in [-0.2, 0) is 9.53 Å². The van der Waals surface area contributed by atoms with Crippen LogP contribution in [0.3, 0.4) is 0 Å². The van der Waals surface area contributed by atoms with Gasteiger partial charge in [0, 0.05) is 20.3 Å². The third-order valence-electron chi connectivity index (χ3n) is 2.55. The molecule has 0 unspecified atom stereocenters.